The predicted molar refractivity (Wildman–Crippen MR) is 55.5 cm³/mol. The van der Waals surface area contributed by atoms with Crippen molar-refractivity contribution in [1.82, 2.24) is 0 Å². The summed E-state index contributed by atoms with van der Waals surface area (Å²) in [7, 11) is 1.68. The van der Waals surface area contributed by atoms with Crippen LogP contribution in [0.4, 0.5) is 0 Å². The predicted octanol–water partition coefficient (Wildman–Crippen LogP) is 2.72. The van der Waals surface area contributed by atoms with Crippen LogP contribution < -0.4 is 4.74 Å². The van der Waals surface area contributed by atoms with Crippen molar-refractivity contribution in [3.63, 3.8) is 0 Å². The third-order valence-electron chi connectivity index (χ3n) is 2.92. The second kappa shape index (κ2) is 3.62. The fourth-order valence-corrected chi connectivity index (χ4v) is 1.95. The van der Waals surface area contributed by atoms with Gasteiger partial charge in [0.1, 0.15) is 5.75 Å². The molecule has 2 rings (SSSR count). The van der Waals surface area contributed by atoms with Gasteiger partial charge in [-0.05, 0) is 37.5 Å². The molecule has 1 aliphatic heterocycles. The monoisotopic (exact) mass is 192 g/mol. The molecule has 1 atom stereocenters. The number of benzene rings is 1. The highest BCUT2D eigenvalue weighted by Gasteiger charge is 2.31. The molecule has 1 aromatic carbocycles. The first kappa shape index (κ1) is 9.53. The molecule has 1 unspecified atom stereocenters. The minimum Gasteiger partial charge on any atom is -0.497 e. The van der Waals surface area contributed by atoms with Gasteiger partial charge in [-0.2, -0.15) is 0 Å². The van der Waals surface area contributed by atoms with Crippen molar-refractivity contribution < 1.29 is 9.47 Å². The van der Waals surface area contributed by atoms with Crippen molar-refractivity contribution in [3.8, 4) is 5.75 Å². The van der Waals surface area contributed by atoms with E-state index in [1.165, 1.54) is 5.56 Å². The minimum absolute atomic E-state index is 0.0771. The quantitative estimate of drug-likeness (QED) is 0.717. The van der Waals surface area contributed by atoms with Gasteiger partial charge < -0.3 is 9.47 Å². The van der Waals surface area contributed by atoms with Crippen LogP contribution in [0, 0.1) is 0 Å². The van der Waals surface area contributed by atoms with Gasteiger partial charge in [0.15, 0.2) is 0 Å². The Balaban J connectivity index is 2.23. The van der Waals surface area contributed by atoms with Crippen molar-refractivity contribution in [1.29, 1.82) is 0 Å². The summed E-state index contributed by atoms with van der Waals surface area (Å²) in [6, 6.07) is 8.15. The van der Waals surface area contributed by atoms with Crippen LogP contribution in [-0.4, -0.2) is 13.7 Å². The topological polar surface area (TPSA) is 18.5 Å². The lowest BCUT2D eigenvalue weighted by Gasteiger charge is -2.23. The van der Waals surface area contributed by atoms with Crippen LogP contribution in [0.3, 0.4) is 0 Å². The van der Waals surface area contributed by atoms with Crippen LogP contribution in [0.1, 0.15) is 25.3 Å². The van der Waals surface area contributed by atoms with Gasteiger partial charge in [0.25, 0.3) is 0 Å². The molecule has 1 fully saturated rings. The second-order valence-electron chi connectivity index (χ2n) is 3.91. The molecule has 1 heterocycles. The van der Waals surface area contributed by atoms with Gasteiger partial charge in [0.05, 0.1) is 12.7 Å². The second-order valence-corrected chi connectivity index (χ2v) is 3.91. The molecule has 0 aromatic heterocycles. The highest BCUT2D eigenvalue weighted by atomic mass is 16.5. The van der Waals surface area contributed by atoms with Crippen LogP contribution >= 0.6 is 0 Å². The van der Waals surface area contributed by atoms with Gasteiger partial charge in [-0.15, -0.1) is 0 Å². The molecule has 1 aromatic rings. The average Bonchev–Trinajstić information content (AvgIpc) is 2.67. The smallest absolute Gasteiger partial charge is 0.118 e. The Kier molecular flexibility index (Phi) is 2.46. The fraction of sp³-hybridized carbons (Fsp3) is 0.500. The van der Waals surface area contributed by atoms with Crippen LogP contribution in [-0.2, 0) is 10.3 Å². The number of hydrogen-bond acceptors (Lipinski definition) is 2. The number of ether oxygens (including phenoxy) is 2. The average molecular weight is 192 g/mol. The maximum Gasteiger partial charge on any atom is 0.118 e. The largest absolute Gasteiger partial charge is 0.497 e. The highest BCUT2D eigenvalue weighted by molar-refractivity contribution is 5.30. The van der Waals surface area contributed by atoms with E-state index in [-0.39, 0.29) is 5.60 Å². The lowest BCUT2D eigenvalue weighted by Crippen LogP contribution is -2.19. The van der Waals surface area contributed by atoms with E-state index >= 15 is 0 Å². The summed E-state index contributed by atoms with van der Waals surface area (Å²) in [5.41, 5.74) is 1.17. The van der Waals surface area contributed by atoms with Gasteiger partial charge in [0.2, 0.25) is 0 Å². The van der Waals surface area contributed by atoms with Crippen molar-refractivity contribution in [2.45, 2.75) is 25.4 Å². The molecule has 2 nitrogen and oxygen atoms in total. The Hall–Kier alpha value is -1.02. The molecule has 1 aliphatic rings. The zero-order valence-electron chi connectivity index (χ0n) is 8.75. The molecule has 0 saturated carbocycles. The highest BCUT2D eigenvalue weighted by Crippen LogP contribution is 2.35. The number of rotatable bonds is 2. The molecule has 76 valence electrons. The van der Waals surface area contributed by atoms with Crippen molar-refractivity contribution in [2.24, 2.45) is 0 Å². The normalized spacial score (nSPS) is 26.4. The van der Waals surface area contributed by atoms with Crippen LogP contribution in [0.2, 0.25) is 0 Å². The summed E-state index contributed by atoms with van der Waals surface area (Å²) >= 11 is 0. The Morgan fingerprint density at radius 2 is 2.00 bits per heavy atom. The van der Waals surface area contributed by atoms with Gasteiger partial charge >= 0.3 is 0 Å². The standard InChI is InChI=1S/C12H16O2/c1-12(8-3-9-14-12)10-4-6-11(13-2)7-5-10/h4-7H,3,8-9H2,1-2H3. The molecule has 14 heavy (non-hydrogen) atoms. The van der Waals surface area contributed by atoms with E-state index in [4.69, 9.17) is 9.47 Å². The van der Waals surface area contributed by atoms with Crippen LogP contribution in [0.5, 0.6) is 5.75 Å². The maximum absolute atomic E-state index is 5.76. The molecular formula is C12H16O2. The summed E-state index contributed by atoms with van der Waals surface area (Å²) < 4.78 is 10.9. The molecular weight excluding hydrogens is 176 g/mol. The molecule has 0 spiro atoms. The summed E-state index contributed by atoms with van der Waals surface area (Å²) in [5, 5.41) is 0. The number of hydrogen-bond donors (Lipinski definition) is 0. The van der Waals surface area contributed by atoms with Gasteiger partial charge in [-0.3, -0.25) is 0 Å². The molecule has 0 N–H and O–H groups in total. The zero-order chi connectivity index (χ0) is 10.0. The third-order valence-corrected chi connectivity index (χ3v) is 2.92. The summed E-state index contributed by atoms with van der Waals surface area (Å²) in [6.45, 7) is 3.03. The van der Waals surface area contributed by atoms with Crippen molar-refractivity contribution >= 4 is 0 Å². The first-order valence-corrected chi connectivity index (χ1v) is 5.03. The summed E-state index contributed by atoms with van der Waals surface area (Å²) in [4.78, 5) is 0. The van der Waals surface area contributed by atoms with E-state index < -0.39 is 0 Å². The van der Waals surface area contributed by atoms with E-state index in [1.54, 1.807) is 7.11 Å². The SMILES string of the molecule is COc1ccc(C2(C)CCCO2)cc1. The number of methoxy groups -OCH3 is 1. The van der Waals surface area contributed by atoms with E-state index in [1.807, 2.05) is 12.1 Å². The van der Waals surface area contributed by atoms with E-state index in [2.05, 4.69) is 19.1 Å². The molecule has 0 amide bonds. The lowest BCUT2D eigenvalue weighted by molar-refractivity contribution is 0.0168. The van der Waals surface area contributed by atoms with E-state index in [0.29, 0.717) is 0 Å². The maximum atomic E-state index is 5.76. The van der Waals surface area contributed by atoms with Crippen molar-refractivity contribution in [3.05, 3.63) is 29.8 Å². The van der Waals surface area contributed by atoms with Crippen LogP contribution in [0.25, 0.3) is 0 Å². The van der Waals surface area contributed by atoms with Crippen molar-refractivity contribution in [2.75, 3.05) is 13.7 Å². The molecule has 2 heteroatoms. The fourth-order valence-electron chi connectivity index (χ4n) is 1.95. The first-order valence-electron chi connectivity index (χ1n) is 5.03. The summed E-state index contributed by atoms with van der Waals surface area (Å²) in [6.07, 6.45) is 2.27. The Bertz CT molecular complexity index is 297. The summed E-state index contributed by atoms with van der Waals surface area (Å²) in [5.74, 6) is 0.898. The van der Waals surface area contributed by atoms with Gasteiger partial charge in [-0.1, -0.05) is 12.1 Å². The van der Waals surface area contributed by atoms with E-state index in [9.17, 15) is 0 Å². The van der Waals surface area contributed by atoms with E-state index in [0.717, 1.165) is 25.2 Å². The van der Waals surface area contributed by atoms with Gasteiger partial charge in [0, 0.05) is 6.61 Å². The third kappa shape index (κ3) is 1.62. The lowest BCUT2D eigenvalue weighted by atomic mass is 9.93. The Morgan fingerprint density at radius 1 is 1.29 bits per heavy atom. The van der Waals surface area contributed by atoms with Gasteiger partial charge in [-0.25, -0.2) is 0 Å². The molecule has 0 aliphatic carbocycles. The molecule has 0 radical (unpaired) electrons. The zero-order valence-corrected chi connectivity index (χ0v) is 8.75. The minimum atomic E-state index is -0.0771. The van der Waals surface area contributed by atoms with Crippen LogP contribution in [0.15, 0.2) is 24.3 Å². The Labute approximate surface area is 84.8 Å². The molecule has 0 bridgehead atoms. The molecule has 1 saturated heterocycles. The first-order chi connectivity index (χ1) is 6.74. The Morgan fingerprint density at radius 3 is 2.50 bits per heavy atom.